The highest BCUT2D eigenvalue weighted by Gasteiger charge is 2.18. The maximum Gasteiger partial charge on any atom is 0.176 e. The molecule has 0 atom stereocenters. The summed E-state index contributed by atoms with van der Waals surface area (Å²) in [6.07, 6.45) is 11.2. The average Bonchev–Trinajstić information content (AvgIpc) is 3.12. The van der Waals surface area contributed by atoms with E-state index in [0.717, 1.165) is 23.3 Å². The Morgan fingerprint density at radius 3 is 2.50 bits per heavy atom. The van der Waals surface area contributed by atoms with Gasteiger partial charge in [-0.25, -0.2) is 8.42 Å². The van der Waals surface area contributed by atoms with Crippen LogP contribution in [0.5, 0.6) is 0 Å². The summed E-state index contributed by atoms with van der Waals surface area (Å²) in [4.78, 5) is 4.80. The fourth-order valence-electron chi connectivity index (χ4n) is 3.45. The van der Waals surface area contributed by atoms with Crippen LogP contribution in [-0.4, -0.2) is 19.7 Å². The van der Waals surface area contributed by atoms with Crippen LogP contribution in [0.25, 0.3) is 5.57 Å². The standard InChI is InChI=1S/C21H24ClNO2S/c1-3-15-8-10-20(23-14-15)18(12-16-6-4-5-7-16)17-9-11-21(19(22)13-17)26(2,24)25/h8-14,16H,3-7H2,1-2H3/b18-12+. The SMILES string of the molecule is CCc1ccc(/C(=C/C2CCCC2)c2ccc(S(C)(=O)=O)c(Cl)c2)nc1. The molecule has 1 saturated carbocycles. The highest BCUT2D eigenvalue weighted by atomic mass is 35.5. The number of aromatic nitrogens is 1. The summed E-state index contributed by atoms with van der Waals surface area (Å²) in [5.41, 5.74) is 4.03. The first-order chi connectivity index (χ1) is 12.4. The maximum atomic E-state index is 11.8. The molecule has 0 spiro atoms. The number of hydrogen-bond acceptors (Lipinski definition) is 3. The van der Waals surface area contributed by atoms with E-state index in [1.165, 1.54) is 37.5 Å². The van der Waals surface area contributed by atoms with Gasteiger partial charge in [-0.3, -0.25) is 4.98 Å². The van der Waals surface area contributed by atoms with Crippen molar-refractivity contribution in [3.63, 3.8) is 0 Å². The van der Waals surface area contributed by atoms with Crippen LogP contribution in [0.1, 0.15) is 49.4 Å². The lowest BCUT2D eigenvalue weighted by Crippen LogP contribution is -2.01. The van der Waals surface area contributed by atoms with Crippen LogP contribution in [0, 0.1) is 5.92 Å². The third-order valence-electron chi connectivity index (χ3n) is 4.95. The minimum atomic E-state index is -3.34. The van der Waals surface area contributed by atoms with Gasteiger partial charge in [-0.1, -0.05) is 49.6 Å². The minimum absolute atomic E-state index is 0.164. The van der Waals surface area contributed by atoms with Crippen LogP contribution in [0.2, 0.25) is 5.02 Å². The number of pyridine rings is 1. The summed E-state index contributed by atoms with van der Waals surface area (Å²) >= 11 is 6.28. The third-order valence-corrected chi connectivity index (χ3v) is 6.53. The number of nitrogens with zero attached hydrogens (tertiary/aromatic N) is 1. The number of sulfone groups is 1. The lowest BCUT2D eigenvalue weighted by molar-refractivity contribution is 0.602. The molecule has 1 heterocycles. The molecule has 0 N–H and O–H groups in total. The Kier molecular flexibility index (Phi) is 5.83. The predicted molar refractivity (Wildman–Crippen MR) is 107 cm³/mol. The van der Waals surface area contributed by atoms with Gasteiger partial charge in [0.15, 0.2) is 9.84 Å². The minimum Gasteiger partial charge on any atom is -0.256 e. The number of allylic oxidation sites excluding steroid dienone is 1. The largest absolute Gasteiger partial charge is 0.256 e. The molecule has 5 heteroatoms. The molecule has 0 bridgehead atoms. The van der Waals surface area contributed by atoms with Gasteiger partial charge in [-0.05, 0) is 54.5 Å². The lowest BCUT2D eigenvalue weighted by Gasteiger charge is -2.13. The van der Waals surface area contributed by atoms with Crippen molar-refractivity contribution >= 4 is 27.0 Å². The molecule has 1 aromatic heterocycles. The van der Waals surface area contributed by atoms with E-state index in [2.05, 4.69) is 24.1 Å². The van der Waals surface area contributed by atoms with Crippen molar-refractivity contribution in [1.29, 1.82) is 0 Å². The van der Waals surface area contributed by atoms with Crippen LogP contribution in [0.4, 0.5) is 0 Å². The van der Waals surface area contributed by atoms with Crippen molar-refractivity contribution < 1.29 is 8.42 Å². The van der Waals surface area contributed by atoms with E-state index >= 15 is 0 Å². The highest BCUT2D eigenvalue weighted by Crippen LogP contribution is 2.33. The first-order valence-electron chi connectivity index (χ1n) is 9.05. The van der Waals surface area contributed by atoms with Crippen molar-refractivity contribution in [2.45, 2.75) is 43.9 Å². The zero-order valence-electron chi connectivity index (χ0n) is 15.2. The molecular weight excluding hydrogens is 366 g/mol. The fraction of sp³-hybridized carbons (Fsp3) is 0.381. The molecule has 2 aromatic rings. The Morgan fingerprint density at radius 2 is 1.96 bits per heavy atom. The van der Waals surface area contributed by atoms with Gasteiger partial charge in [0.05, 0.1) is 15.6 Å². The van der Waals surface area contributed by atoms with Gasteiger partial charge < -0.3 is 0 Å². The van der Waals surface area contributed by atoms with Crippen LogP contribution in [0.15, 0.2) is 47.5 Å². The van der Waals surface area contributed by atoms with Gasteiger partial charge in [0, 0.05) is 18.0 Å². The predicted octanol–water partition coefficient (Wildman–Crippen LogP) is 5.32. The molecule has 0 unspecified atom stereocenters. The van der Waals surface area contributed by atoms with Crippen LogP contribution in [0.3, 0.4) is 0 Å². The molecular formula is C21H24ClNO2S. The molecule has 0 aliphatic heterocycles. The van der Waals surface area contributed by atoms with Gasteiger partial charge >= 0.3 is 0 Å². The van der Waals surface area contributed by atoms with Gasteiger partial charge in [-0.15, -0.1) is 0 Å². The molecule has 1 fully saturated rings. The maximum absolute atomic E-state index is 11.8. The molecule has 26 heavy (non-hydrogen) atoms. The van der Waals surface area contributed by atoms with E-state index in [9.17, 15) is 8.42 Å². The second-order valence-corrected chi connectivity index (χ2v) is 9.34. The molecule has 1 aliphatic carbocycles. The third kappa shape index (κ3) is 4.36. The second kappa shape index (κ2) is 7.93. The van der Waals surface area contributed by atoms with Gasteiger partial charge in [0.1, 0.15) is 0 Å². The Balaban J connectivity index is 2.06. The molecule has 138 valence electrons. The van der Waals surface area contributed by atoms with Gasteiger partial charge in [0.25, 0.3) is 0 Å². The van der Waals surface area contributed by atoms with Crippen molar-refractivity contribution in [1.82, 2.24) is 4.98 Å². The van der Waals surface area contributed by atoms with Crippen molar-refractivity contribution in [2.75, 3.05) is 6.26 Å². The smallest absolute Gasteiger partial charge is 0.176 e. The quantitative estimate of drug-likeness (QED) is 0.694. The lowest BCUT2D eigenvalue weighted by atomic mass is 9.95. The van der Waals surface area contributed by atoms with Gasteiger partial charge in [0.2, 0.25) is 0 Å². The molecule has 0 radical (unpaired) electrons. The summed E-state index contributed by atoms with van der Waals surface area (Å²) in [6, 6.07) is 9.30. The first kappa shape index (κ1) is 19.1. The topological polar surface area (TPSA) is 47.0 Å². The van der Waals surface area contributed by atoms with E-state index in [-0.39, 0.29) is 9.92 Å². The number of aryl methyl sites for hydroxylation is 1. The number of rotatable bonds is 5. The Morgan fingerprint density at radius 1 is 1.23 bits per heavy atom. The summed E-state index contributed by atoms with van der Waals surface area (Å²) in [6.45, 7) is 2.11. The molecule has 3 rings (SSSR count). The molecule has 0 saturated heterocycles. The first-order valence-corrected chi connectivity index (χ1v) is 11.3. The van der Waals surface area contributed by atoms with Crippen molar-refractivity contribution in [3.8, 4) is 0 Å². The van der Waals surface area contributed by atoms with E-state index in [1.807, 2.05) is 18.3 Å². The zero-order valence-corrected chi connectivity index (χ0v) is 16.8. The van der Waals surface area contributed by atoms with Crippen LogP contribution < -0.4 is 0 Å². The van der Waals surface area contributed by atoms with E-state index in [1.54, 1.807) is 12.1 Å². The van der Waals surface area contributed by atoms with Crippen molar-refractivity contribution in [3.05, 3.63) is 64.4 Å². The normalized spacial score (nSPS) is 16.2. The van der Waals surface area contributed by atoms with E-state index in [0.29, 0.717) is 5.92 Å². The van der Waals surface area contributed by atoms with E-state index < -0.39 is 9.84 Å². The van der Waals surface area contributed by atoms with Gasteiger partial charge in [-0.2, -0.15) is 0 Å². The number of hydrogen-bond donors (Lipinski definition) is 0. The number of halogens is 1. The summed E-state index contributed by atoms with van der Waals surface area (Å²) in [5, 5.41) is 0.257. The summed E-state index contributed by atoms with van der Waals surface area (Å²) in [5.74, 6) is 0.533. The Labute approximate surface area is 161 Å². The molecule has 0 amide bonds. The molecule has 3 nitrogen and oxygen atoms in total. The molecule has 1 aliphatic rings. The summed E-state index contributed by atoms with van der Waals surface area (Å²) in [7, 11) is -3.34. The van der Waals surface area contributed by atoms with Crippen LogP contribution in [-0.2, 0) is 16.3 Å². The fourth-order valence-corrected chi connectivity index (χ4v) is 4.78. The monoisotopic (exact) mass is 389 g/mol. The highest BCUT2D eigenvalue weighted by molar-refractivity contribution is 7.90. The zero-order chi connectivity index (χ0) is 18.7. The number of benzene rings is 1. The Hall–Kier alpha value is -1.65. The average molecular weight is 390 g/mol. The van der Waals surface area contributed by atoms with Crippen molar-refractivity contribution in [2.24, 2.45) is 5.92 Å². The summed E-state index contributed by atoms with van der Waals surface area (Å²) < 4.78 is 23.7. The van der Waals surface area contributed by atoms with Crippen LogP contribution >= 0.6 is 11.6 Å². The second-order valence-electron chi connectivity index (χ2n) is 6.95. The van der Waals surface area contributed by atoms with E-state index in [4.69, 9.17) is 11.6 Å². The Bertz CT molecular complexity index is 912. The molecule has 1 aromatic carbocycles.